The Morgan fingerprint density at radius 3 is 2.62 bits per heavy atom. The lowest BCUT2D eigenvalue weighted by atomic mass is 10.2. The predicted octanol–water partition coefficient (Wildman–Crippen LogP) is 0.326. The maximum absolute atomic E-state index is 11.7. The molecular weight excluding hydrogens is 202 g/mol. The van der Waals surface area contributed by atoms with Gasteiger partial charge in [0.2, 0.25) is 5.91 Å². The van der Waals surface area contributed by atoms with Crippen molar-refractivity contribution in [2.75, 3.05) is 26.2 Å². The molecule has 0 bridgehead atoms. The largest absolute Gasteiger partial charge is 0.352 e. The van der Waals surface area contributed by atoms with Crippen molar-refractivity contribution in [2.45, 2.75) is 38.1 Å². The molecule has 0 aromatic heterocycles. The molecular formula is C12H23N3O. The molecule has 0 aromatic rings. The summed E-state index contributed by atoms with van der Waals surface area (Å²) < 4.78 is 0. The number of carbonyl (C=O) groups is 1. The molecule has 2 aliphatic rings. The van der Waals surface area contributed by atoms with E-state index >= 15 is 0 Å². The molecule has 1 heterocycles. The standard InChI is InChI=1S/C12H23N3O/c13-9-11(10-3-4-10)14-12(16)5-8-15-6-1-2-7-15/h10-11H,1-9,13H2,(H,14,16). The van der Waals surface area contributed by atoms with E-state index in [0.717, 1.165) is 19.6 Å². The van der Waals surface area contributed by atoms with Gasteiger partial charge in [-0.1, -0.05) is 0 Å². The molecule has 4 nitrogen and oxygen atoms in total. The minimum absolute atomic E-state index is 0.175. The minimum atomic E-state index is 0.175. The van der Waals surface area contributed by atoms with Crippen molar-refractivity contribution < 1.29 is 4.79 Å². The van der Waals surface area contributed by atoms with Crippen LogP contribution in [0.1, 0.15) is 32.1 Å². The Kier molecular flexibility index (Phi) is 4.18. The average Bonchev–Trinajstić information content (AvgIpc) is 3.00. The molecule has 1 amide bonds. The summed E-state index contributed by atoms with van der Waals surface area (Å²) in [7, 11) is 0. The fourth-order valence-corrected chi connectivity index (χ4v) is 2.41. The summed E-state index contributed by atoms with van der Waals surface area (Å²) in [4.78, 5) is 14.1. The second-order valence-corrected chi connectivity index (χ2v) is 5.05. The van der Waals surface area contributed by atoms with Gasteiger partial charge in [0, 0.05) is 25.6 Å². The zero-order valence-corrected chi connectivity index (χ0v) is 9.95. The van der Waals surface area contributed by atoms with Crippen molar-refractivity contribution in [1.29, 1.82) is 0 Å². The Hall–Kier alpha value is -0.610. The molecule has 1 saturated heterocycles. The van der Waals surface area contributed by atoms with Crippen molar-refractivity contribution in [1.82, 2.24) is 10.2 Å². The second-order valence-electron chi connectivity index (χ2n) is 5.05. The Labute approximate surface area is 97.6 Å². The minimum Gasteiger partial charge on any atom is -0.352 e. The Balaban J connectivity index is 1.62. The normalized spacial score (nSPS) is 23.3. The molecule has 3 N–H and O–H groups in total. The van der Waals surface area contributed by atoms with Crippen LogP contribution in [0.3, 0.4) is 0 Å². The number of rotatable bonds is 6. The van der Waals surface area contributed by atoms with Crippen molar-refractivity contribution in [3.05, 3.63) is 0 Å². The van der Waals surface area contributed by atoms with Crippen molar-refractivity contribution in [2.24, 2.45) is 11.7 Å². The van der Waals surface area contributed by atoms with E-state index in [9.17, 15) is 4.79 Å². The third-order valence-corrected chi connectivity index (χ3v) is 3.65. The molecule has 2 rings (SSSR count). The van der Waals surface area contributed by atoms with Gasteiger partial charge in [0.05, 0.1) is 0 Å². The van der Waals surface area contributed by atoms with Gasteiger partial charge in [-0.2, -0.15) is 0 Å². The van der Waals surface area contributed by atoms with Crippen LogP contribution in [-0.2, 0) is 4.79 Å². The lowest BCUT2D eigenvalue weighted by molar-refractivity contribution is -0.122. The van der Waals surface area contributed by atoms with Crippen LogP contribution < -0.4 is 11.1 Å². The molecule has 1 aliphatic heterocycles. The van der Waals surface area contributed by atoms with Gasteiger partial charge >= 0.3 is 0 Å². The maximum Gasteiger partial charge on any atom is 0.221 e. The van der Waals surface area contributed by atoms with Gasteiger partial charge in [-0.3, -0.25) is 4.79 Å². The van der Waals surface area contributed by atoms with Crippen molar-refractivity contribution in [3.8, 4) is 0 Å². The summed E-state index contributed by atoms with van der Waals surface area (Å²) in [6.45, 7) is 3.82. The molecule has 2 fully saturated rings. The van der Waals surface area contributed by atoms with Gasteiger partial charge in [0.1, 0.15) is 0 Å². The molecule has 0 radical (unpaired) electrons. The molecule has 4 heteroatoms. The average molecular weight is 225 g/mol. The Bertz CT molecular complexity index is 234. The maximum atomic E-state index is 11.7. The summed E-state index contributed by atoms with van der Waals surface area (Å²) in [6, 6.07) is 0.228. The summed E-state index contributed by atoms with van der Waals surface area (Å²) in [5.41, 5.74) is 5.66. The van der Waals surface area contributed by atoms with E-state index in [2.05, 4.69) is 10.2 Å². The first kappa shape index (κ1) is 11.9. The molecule has 92 valence electrons. The predicted molar refractivity (Wildman–Crippen MR) is 64.0 cm³/mol. The van der Waals surface area contributed by atoms with E-state index < -0.39 is 0 Å². The van der Waals surface area contributed by atoms with Crippen LogP contribution in [0.4, 0.5) is 0 Å². The van der Waals surface area contributed by atoms with Crippen LogP contribution in [-0.4, -0.2) is 43.0 Å². The third-order valence-electron chi connectivity index (χ3n) is 3.65. The zero-order chi connectivity index (χ0) is 11.4. The highest BCUT2D eigenvalue weighted by atomic mass is 16.1. The van der Waals surface area contributed by atoms with Gasteiger partial charge in [0.25, 0.3) is 0 Å². The van der Waals surface area contributed by atoms with Crippen LogP contribution in [0.2, 0.25) is 0 Å². The van der Waals surface area contributed by atoms with E-state index in [0.29, 0.717) is 18.9 Å². The number of amides is 1. The fourth-order valence-electron chi connectivity index (χ4n) is 2.41. The van der Waals surface area contributed by atoms with E-state index in [4.69, 9.17) is 5.73 Å². The number of likely N-dealkylation sites (tertiary alicyclic amines) is 1. The monoisotopic (exact) mass is 225 g/mol. The second kappa shape index (κ2) is 5.64. The van der Waals surface area contributed by atoms with E-state index in [1.165, 1.54) is 25.7 Å². The number of nitrogens with zero attached hydrogens (tertiary/aromatic N) is 1. The summed E-state index contributed by atoms with van der Waals surface area (Å²) in [6.07, 6.45) is 5.66. The van der Waals surface area contributed by atoms with Crippen LogP contribution in [0.15, 0.2) is 0 Å². The summed E-state index contributed by atoms with van der Waals surface area (Å²) in [5, 5.41) is 3.06. The Morgan fingerprint density at radius 1 is 1.38 bits per heavy atom. The number of nitrogens with two attached hydrogens (primary N) is 1. The number of carbonyl (C=O) groups excluding carboxylic acids is 1. The topological polar surface area (TPSA) is 58.4 Å². The highest BCUT2D eigenvalue weighted by Gasteiger charge is 2.31. The van der Waals surface area contributed by atoms with Crippen LogP contribution in [0, 0.1) is 5.92 Å². The molecule has 0 spiro atoms. The summed E-state index contributed by atoms with van der Waals surface area (Å²) in [5.74, 6) is 0.829. The van der Waals surface area contributed by atoms with E-state index in [1.807, 2.05) is 0 Å². The molecule has 1 atom stereocenters. The molecule has 1 aliphatic carbocycles. The molecule has 1 unspecified atom stereocenters. The highest BCUT2D eigenvalue weighted by Crippen LogP contribution is 2.32. The quantitative estimate of drug-likeness (QED) is 0.685. The van der Waals surface area contributed by atoms with E-state index in [-0.39, 0.29) is 11.9 Å². The first-order valence-corrected chi connectivity index (χ1v) is 6.51. The third kappa shape index (κ3) is 3.46. The van der Waals surface area contributed by atoms with Gasteiger partial charge in [-0.05, 0) is 44.7 Å². The van der Waals surface area contributed by atoms with Gasteiger partial charge in [-0.15, -0.1) is 0 Å². The van der Waals surface area contributed by atoms with Crippen LogP contribution in [0.25, 0.3) is 0 Å². The van der Waals surface area contributed by atoms with Crippen LogP contribution >= 0.6 is 0 Å². The fraction of sp³-hybridized carbons (Fsp3) is 0.917. The van der Waals surface area contributed by atoms with Gasteiger partial charge in [-0.25, -0.2) is 0 Å². The summed E-state index contributed by atoms with van der Waals surface area (Å²) >= 11 is 0. The highest BCUT2D eigenvalue weighted by molar-refractivity contribution is 5.76. The SMILES string of the molecule is NCC(NC(=O)CCN1CCCC1)C1CC1. The smallest absolute Gasteiger partial charge is 0.221 e. The van der Waals surface area contributed by atoms with Crippen LogP contribution in [0.5, 0.6) is 0 Å². The van der Waals surface area contributed by atoms with Crippen molar-refractivity contribution in [3.63, 3.8) is 0 Å². The zero-order valence-electron chi connectivity index (χ0n) is 9.95. The lowest BCUT2D eigenvalue weighted by Crippen LogP contribution is -2.42. The molecule has 0 aromatic carbocycles. The van der Waals surface area contributed by atoms with E-state index in [1.54, 1.807) is 0 Å². The number of nitrogens with one attached hydrogen (secondary N) is 1. The number of hydrogen-bond acceptors (Lipinski definition) is 3. The molecule has 16 heavy (non-hydrogen) atoms. The number of hydrogen-bond donors (Lipinski definition) is 2. The lowest BCUT2D eigenvalue weighted by Gasteiger charge is -2.18. The molecule has 1 saturated carbocycles. The van der Waals surface area contributed by atoms with Gasteiger partial charge in [0.15, 0.2) is 0 Å². The van der Waals surface area contributed by atoms with Crippen molar-refractivity contribution >= 4 is 5.91 Å². The Morgan fingerprint density at radius 2 is 2.06 bits per heavy atom. The first-order chi connectivity index (χ1) is 7.79. The first-order valence-electron chi connectivity index (χ1n) is 6.51. The van der Waals surface area contributed by atoms with Gasteiger partial charge < -0.3 is 16.0 Å².